The third-order valence-corrected chi connectivity index (χ3v) is 4.81. The van der Waals surface area contributed by atoms with Crippen molar-refractivity contribution in [1.29, 1.82) is 0 Å². The van der Waals surface area contributed by atoms with Crippen LogP contribution in [0.25, 0.3) is 6.08 Å². The molecule has 9 heteroatoms. The molecule has 0 spiro atoms. The minimum atomic E-state index is -3.95. The molecule has 25 heavy (non-hydrogen) atoms. The molecule has 0 saturated heterocycles. The number of nitrogens with zero attached hydrogens (tertiary/aromatic N) is 1. The minimum Gasteiger partial charge on any atom is -0.761 e. The molecule has 8 nitrogen and oxygen atoms in total. The molecule has 2 aromatic rings. The van der Waals surface area contributed by atoms with Gasteiger partial charge in [-0.1, -0.05) is 29.8 Å². The number of aryl methyl sites for hydroxylation is 1. The summed E-state index contributed by atoms with van der Waals surface area (Å²) < 4.78 is 27.2. The SMILES string of the molecule is C/C=C\c1c([N+](=O)[O-])ccc(NS(=O)(=O)c2ccc(C)cc2)c1N[O-]. The zero-order valence-corrected chi connectivity index (χ0v) is 14.3. The topological polar surface area (TPSA) is 124 Å². The summed E-state index contributed by atoms with van der Waals surface area (Å²) >= 11 is 0. The van der Waals surface area contributed by atoms with Gasteiger partial charge in [0.2, 0.25) is 0 Å². The maximum absolute atomic E-state index is 12.5. The summed E-state index contributed by atoms with van der Waals surface area (Å²) in [7, 11) is -3.95. The summed E-state index contributed by atoms with van der Waals surface area (Å²) in [5, 5.41) is 22.5. The molecule has 0 heterocycles. The van der Waals surface area contributed by atoms with Gasteiger partial charge in [-0.25, -0.2) is 8.42 Å². The molecule has 0 aliphatic carbocycles. The molecule has 0 fully saturated rings. The number of hydrogen-bond acceptors (Lipinski definition) is 6. The Hall–Kier alpha value is -2.91. The van der Waals surface area contributed by atoms with Crippen molar-refractivity contribution < 1.29 is 13.3 Å². The van der Waals surface area contributed by atoms with Gasteiger partial charge in [-0.2, -0.15) is 0 Å². The van der Waals surface area contributed by atoms with Crippen molar-refractivity contribution in [1.82, 2.24) is 0 Å². The molecule has 0 saturated carbocycles. The molecule has 0 radical (unpaired) electrons. The van der Waals surface area contributed by atoms with E-state index < -0.39 is 14.9 Å². The predicted octanol–water partition coefficient (Wildman–Crippen LogP) is 3.65. The van der Waals surface area contributed by atoms with Crippen molar-refractivity contribution in [2.45, 2.75) is 18.7 Å². The summed E-state index contributed by atoms with van der Waals surface area (Å²) in [4.78, 5) is 10.5. The molecule has 0 atom stereocenters. The summed E-state index contributed by atoms with van der Waals surface area (Å²) in [6, 6.07) is 8.46. The smallest absolute Gasteiger partial charge is 0.278 e. The average molecular weight is 362 g/mol. The number of rotatable bonds is 6. The zero-order chi connectivity index (χ0) is 18.6. The largest absolute Gasteiger partial charge is 0.761 e. The van der Waals surface area contributed by atoms with Gasteiger partial charge >= 0.3 is 0 Å². The molecule has 0 bridgehead atoms. The number of benzene rings is 2. The maximum atomic E-state index is 12.5. The Bertz CT molecular complexity index is 922. The van der Waals surface area contributed by atoms with Gasteiger partial charge in [-0.15, -0.1) is 0 Å². The second kappa shape index (κ2) is 7.32. The van der Waals surface area contributed by atoms with Gasteiger partial charge in [0.1, 0.15) is 0 Å². The van der Waals surface area contributed by atoms with Gasteiger partial charge < -0.3 is 10.7 Å². The van der Waals surface area contributed by atoms with E-state index in [1.807, 2.05) is 6.92 Å². The zero-order valence-electron chi connectivity index (χ0n) is 13.5. The highest BCUT2D eigenvalue weighted by Gasteiger charge is 2.21. The summed E-state index contributed by atoms with van der Waals surface area (Å²) in [6.07, 6.45) is 2.88. The van der Waals surface area contributed by atoms with Crippen LogP contribution in [0.15, 0.2) is 47.4 Å². The Labute approximate surface area is 145 Å². The summed E-state index contributed by atoms with van der Waals surface area (Å²) in [5.74, 6) is 0. The molecular formula is C16H16N3O5S-. The fraction of sp³-hybridized carbons (Fsp3) is 0.125. The standard InChI is InChI=1S/C16H16N3O5S/c1-3-4-13-15(19(21)22)10-9-14(16(13)17-20)18-25(23,24)12-7-5-11(2)6-8-12/h3-10,17-18H,1-2H3/q-1/b4-3-. The van der Waals surface area contributed by atoms with Crippen LogP contribution in [0.3, 0.4) is 0 Å². The molecular weight excluding hydrogens is 346 g/mol. The number of nitro benzene ring substituents is 1. The number of allylic oxidation sites excluding steroid dienone is 1. The third kappa shape index (κ3) is 3.95. The first-order valence-corrected chi connectivity index (χ1v) is 8.70. The monoisotopic (exact) mass is 362 g/mol. The Kier molecular flexibility index (Phi) is 5.40. The van der Waals surface area contributed by atoms with Crippen LogP contribution in [0, 0.1) is 22.2 Å². The van der Waals surface area contributed by atoms with Crippen LogP contribution in [0.2, 0.25) is 0 Å². The van der Waals surface area contributed by atoms with Crippen LogP contribution in [0.1, 0.15) is 18.1 Å². The first-order valence-electron chi connectivity index (χ1n) is 7.22. The van der Waals surface area contributed by atoms with E-state index >= 15 is 0 Å². The maximum Gasteiger partial charge on any atom is 0.278 e. The summed E-state index contributed by atoms with van der Waals surface area (Å²) in [5.41, 5.74) is 1.88. The molecule has 132 valence electrons. The van der Waals surface area contributed by atoms with Gasteiger partial charge in [0.15, 0.2) is 0 Å². The highest BCUT2D eigenvalue weighted by molar-refractivity contribution is 7.92. The molecule has 0 aliphatic heterocycles. The Morgan fingerprint density at radius 1 is 1.12 bits per heavy atom. The van der Waals surface area contributed by atoms with Crippen molar-refractivity contribution in [2.24, 2.45) is 0 Å². The van der Waals surface area contributed by atoms with E-state index in [9.17, 15) is 23.7 Å². The van der Waals surface area contributed by atoms with Crippen molar-refractivity contribution in [3.05, 3.63) is 68.9 Å². The van der Waals surface area contributed by atoms with E-state index in [1.54, 1.807) is 24.5 Å². The number of nitrogens with one attached hydrogen (secondary N) is 2. The van der Waals surface area contributed by atoms with Gasteiger partial charge in [0.05, 0.1) is 26.8 Å². The molecule has 0 amide bonds. The highest BCUT2D eigenvalue weighted by Crippen LogP contribution is 2.35. The lowest BCUT2D eigenvalue weighted by Gasteiger charge is -2.19. The molecule has 2 aromatic carbocycles. The van der Waals surface area contributed by atoms with Crippen LogP contribution in [-0.2, 0) is 10.0 Å². The van der Waals surface area contributed by atoms with Crippen molar-refractivity contribution in [3.63, 3.8) is 0 Å². The van der Waals surface area contributed by atoms with E-state index in [1.165, 1.54) is 30.4 Å². The van der Waals surface area contributed by atoms with Crippen LogP contribution in [-0.4, -0.2) is 13.3 Å². The van der Waals surface area contributed by atoms with Crippen molar-refractivity contribution >= 4 is 33.2 Å². The van der Waals surface area contributed by atoms with Crippen molar-refractivity contribution in [2.75, 3.05) is 10.2 Å². The quantitative estimate of drug-likeness (QED) is 0.597. The van der Waals surface area contributed by atoms with Crippen molar-refractivity contribution in [3.8, 4) is 0 Å². The van der Waals surface area contributed by atoms with E-state index in [2.05, 4.69) is 4.72 Å². The Morgan fingerprint density at radius 2 is 1.76 bits per heavy atom. The fourth-order valence-electron chi connectivity index (χ4n) is 2.22. The molecule has 0 aliphatic rings. The van der Waals surface area contributed by atoms with Crippen LogP contribution < -0.4 is 10.2 Å². The van der Waals surface area contributed by atoms with E-state index in [0.29, 0.717) is 0 Å². The fourth-order valence-corrected chi connectivity index (χ4v) is 3.29. The van der Waals surface area contributed by atoms with Gasteiger partial charge in [-0.3, -0.25) is 14.8 Å². The van der Waals surface area contributed by atoms with Gasteiger partial charge in [-0.05, 0) is 32.0 Å². The van der Waals surface area contributed by atoms with Crippen LogP contribution in [0.4, 0.5) is 17.1 Å². The lowest BCUT2D eigenvalue weighted by Crippen LogP contribution is -2.14. The van der Waals surface area contributed by atoms with Crippen LogP contribution >= 0.6 is 0 Å². The van der Waals surface area contributed by atoms with Gasteiger partial charge in [0, 0.05) is 6.07 Å². The molecule has 0 aromatic heterocycles. The first-order chi connectivity index (χ1) is 11.8. The Morgan fingerprint density at radius 3 is 2.28 bits per heavy atom. The Balaban J connectivity index is 2.54. The molecule has 2 rings (SSSR count). The summed E-state index contributed by atoms with van der Waals surface area (Å²) in [6.45, 7) is 3.45. The number of anilines is 2. The van der Waals surface area contributed by atoms with Gasteiger partial charge in [0.25, 0.3) is 15.7 Å². The second-order valence-corrected chi connectivity index (χ2v) is 6.88. The number of sulfonamides is 1. The molecule has 2 N–H and O–H groups in total. The minimum absolute atomic E-state index is 0.00777. The van der Waals surface area contributed by atoms with E-state index in [4.69, 9.17) is 0 Å². The predicted molar refractivity (Wildman–Crippen MR) is 96.8 cm³/mol. The highest BCUT2D eigenvalue weighted by atomic mass is 32.2. The third-order valence-electron chi connectivity index (χ3n) is 3.43. The lowest BCUT2D eigenvalue weighted by molar-refractivity contribution is -0.385. The first kappa shape index (κ1) is 18.4. The van der Waals surface area contributed by atoms with E-state index in [0.717, 1.165) is 11.6 Å². The van der Waals surface area contributed by atoms with Crippen LogP contribution in [0.5, 0.6) is 0 Å². The normalized spacial score (nSPS) is 11.5. The number of hydrogen-bond donors (Lipinski definition) is 2. The molecule has 0 unspecified atom stereocenters. The second-order valence-electron chi connectivity index (χ2n) is 5.20. The lowest BCUT2D eigenvalue weighted by atomic mass is 10.1. The number of nitro groups is 1. The average Bonchev–Trinajstić information content (AvgIpc) is 2.55. The van der Waals surface area contributed by atoms with E-state index in [-0.39, 0.29) is 27.5 Å².